The molecule has 0 aliphatic carbocycles. The summed E-state index contributed by atoms with van der Waals surface area (Å²) in [6.07, 6.45) is 2.54. The van der Waals surface area contributed by atoms with Crippen molar-refractivity contribution in [3.8, 4) is 5.88 Å². The largest absolute Gasteiger partial charge is 0.493 e. The number of aromatic hydroxyl groups is 1. The first-order chi connectivity index (χ1) is 11.0. The summed E-state index contributed by atoms with van der Waals surface area (Å²) >= 11 is 0. The number of carbonyl (C=O) groups is 1. The number of nitrogens with one attached hydrogen (secondary N) is 2. The molecule has 0 atom stereocenters. The molecule has 0 bridgehead atoms. The van der Waals surface area contributed by atoms with Gasteiger partial charge in [0, 0.05) is 13.5 Å². The van der Waals surface area contributed by atoms with Gasteiger partial charge in [0.15, 0.2) is 0 Å². The Kier molecular flexibility index (Phi) is 4.86. The topological polar surface area (TPSA) is 114 Å². The average molecular weight is 335 g/mol. The average Bonchev–Trinajstić information content (AvgIpc) is 2.65. The fraction of sp³-hybridized carbons (Fsp3) is 0.533. The van der Waals surface area contributed by atoms with Gasteiger partial charge in [-0.25, -0.2) is 4.98 Å². The highest BCUT2D eigenvalue weighted by Crippen LogP contribution is 2.38. The van der Waals surface area contributed by atoms with E-state index in [2.05, 4.69) is 15.3 Å². The van der Waals surface area contributed by atoms with Crippen molar-refractivity contribution in [3.05, 3.63) is 27.7 Å². The van der Waals surface area contributed by atoms with Crippen LogP contribution >= 0.6 is 0 Å². The van der Waals surface area contributed by atoms with E-state index in [1.165, 1.54) is 13.0 Å². The van der Waals surface area contributed by atoms with Gasteiger partial charge in [0.05, 0.1) is 17.5 Å². The lowest BCUT2D eigenvalue weighted by atomic mass is 9.77. The summed E-state index contributed by atoms with van der Waals surface area (Å²) in [4.78, 5) is 29.2. The van der Waals surface area contributed by atoms with E-state index in [1.807, 2.05) is 27.7 Å². The third-order valence-corrected chi connectivity index (χ3v) is 4.30. The third kappa shape index (κ3) is 3.68. The Bertz CT molecular complexity index is 710. The number of aromatic amines is 1. The molecule has 0 unspecified atom stereocenters. The van der Waals surface area contributed by atoms with E-state index in [0.717, 1.165) is 6.33 Å². The van der Waals surface area contributed by atoms with Crippen LogP contribution < -0.4 is 10.9 Å². The predicted octanol–water partition coefficient (Wildman–Crippen LogP) is 0.626. The minimum atomic E-state index is -0.763. The Morgan fingerprint density at radius 1 is 1.38 bits per heavy atom. The molecule has 130 valence electrons. The highest BCUT2D eigenvalue weighted by atomic mass is 16.7. The molecule has 1 aromatic rings. The number of nitrogens with zero attached hydrogens (tertiary/aromatic N) is 1. The van der Waals surface area contributed by atoms with Crippen molar-refractivity contribution in [1.82, 2.24) is 15.3 Å². The smallest absolute Gasteiger partial charge is 0.492 e. The van der Waals surface area contributed by atoms with Crippen molar-refractivity contribution in [2.45, 2.75) is 45.8 Å². The first-order valence-corrected chi connectivity index (χ1v) is 7.61. The van der Waals surface area contributed by atoms with Crippen molar-refractivity contribution in [3.63, 3.8) is 0 Å². The van der Waals surface area contributed by atoms with Gasteiger partial charge in [-0.15, -0.1) is 0 Å². The number of H-pyrrole nitrogens is 1. The maximum atomic E-state index is 11.9. The Hall–Kier alpha value is -2.13. The number of amides is 1. The standard InChI is InChI=1S/C15H22BN3O5/c1-9(20)17-7-10(6-11-12(21)18-8-19-13(11)22)16-23-14(2,3)15(4,5)24-16/h6,8H,7H2,1-5H3,(H,17,20)(H2,18,19,21,22). The lowest BCUT2D eigenvalue weighted by Crippen LogP contribution is -2.41. The van der Waals surface area contributed by atoms with E-state index in [0.29, 0.717) is 5.47 Å². The van der Waals surface area contributed by atoms with E-state index >= 15 is 0 Å². The van der Waals surface area contributed by atoms with E-state index in [1.54, 1.807) is 0 Å². The van der Waals surface area contributed by atoms with Gasteiger partial charge in [-0.2, -0.15) is 0 Å². The molecule has 0 radical (unpaired) electrons. The molecule has 9 heteroatoms. The number of rotatable bonds is 4. The zero-order valence-corrected chi connectivity index (χ0v) is 14.5. The molecule has 0 spiro atoms. The molecule has 3 N–H and O–H groups in total. The van der Waals surface area contributed by atoms with Crippen molar-refractivity contribution in [2.24, 2.45) is 0 Å². The van der Waals surface area contributed by atoms with Crippen LogP contribution in [0, 0.1) is 0 Å². The monoisotopic (exact) mass is 335 g/mol. The molecule has 1 aromatic heterocycles. The number of hydrogen-bond acceptors (Lipinski definition) is 6. The Labute approximate surface area is 140 Å². The van der Waals surface area contributed by atoms with Crippen molar-refractivity contribution >= 4 is 19.1 Å². The first-order valence-electron chi connectivity index (χ1n) is 7.61. The second kappa shape index (κ2) is 6.41. The van der Waals surface area contributed by atoms with Crippen molar-refractivity contribution in [1.29, 1.82) is 0 Å². The summed E-state index contributed by atoms with van der Waals surface area (Å²) in [7, 11) is -0.763. The zero-order valence-electron chi connectivity index (χ0n) is 14.5. The van der Waals surface area contributed by atoms with Crippen LogP contribution in [0.5, 0.6) is 5.88 Å². The lowest BCUT2D eigenvalue weighted by Gasteiger charge is -2.32. The Morgan fingerprint density at radius 3 is 2.46 bits per heavy atom. The number of aromatic nitrogens is 2. The van der Waals surface area contributed by atoms with Gasteiger partial charge in [0.1, 0.15) is 5.56 Å². The summed E-state index contributed by atoms with van der Waals surface area (Å²) in [5.74, 6) is -0.641. The minimum absolute atomic E-state index is 0.0208. The molecule has 2 rings (SSSR count). The molecular formula is C15H22BN3O5. The van der Waals surface area contributed by atoms with Crippen LogP contribution in [-0.4, -0.2) is 45.8 Å². The van der Waals surface area contributed by atoms with Crippen LogP contribution in [0.2, 0.25) is 0 Å². The molecule has 0 aromatic carbocycles. The van der Waals surface area contributed by atoms with Crippen LogP contribution in [0.15, 0.2) is 16.6 Å². The SMILES string of the molecule is CC(=O)NCC(=Cc1c(O)nc[nH]c1=O)B1OC(C)(C)C(C)(C)O1. The summed E-state index contributed by atoms with van der Waals surface area (Å²) in [5, 5.41) is 12.5. The van der Waals surface area contributed by atoms with Crippen LogP contribution in [-0.2, 0) is 14.1 Å². The van der Waals surface area contributed by atoms with Gasteiger partial charge in [0.25, 0.3) is 5.56 Å². The quantitative estimate of drug-likeness (QED) is 0.696. The van der Waals surface area contributed by atoms with Crippen LogP contribution in [0.3, 0.4) is 0 Å². The second-order valence-electron chi connectivity index (χ2n) is 6.69. The van der Waals surface area contributed by atoms with Crippen LogP contribution in [0.25, 0.3) is 6.08 Å². The number of hydrogen-bond donors (Lipinski definition) is 3. The van der Waals surface area contributed by atoms with Crippen molar-refractivity contribution < 1.29 is 19.2 Å². The summed E-state index contributed by atoms with van der Waals surface area (Å²) in [6, 6.07) is 0. The third-order valence-electron chi connectivity index (χ3n) is 4.30. The highest BCUT2D eigenvalue weighted by molar-refractivity contribution is 6.56. The Balaban J connectivity index is 2.41. The highest BCUT2D eigenvalue weighted by Gasteiger charge is 2.52. The summed E-state index contributed by atoms with van der Waals surface area (Å²) in [5.41, 5.74) is -1.17. The molecule has 1 aliphatic rings. The lowest BCUT2D eigenvalue weighted by molar-refractivity contribution is -0.118. The molecule has 1 aliphatic heterocycles. The normalized spacial score (nSPS) is 19.4. The molecule has 24 heavy (non-hydrogen) atoms. The molecule has 1 amide bonds. The van der Waals surface area contributed by atoms with E-state index in [4.69, 9.17) is 9.31 Å². The fourth-order valence-electron chi connectivity index (χ4n) is 2.14. The van der Waals surface area contributed by atoms with E-state index in [-0.39, 0.29) is 18.0 Å². The molecular weight excluding hydrogens is 313 g/mol. The van der Waals surface area contributed by atoms with Gasteiger partial charge >= 0.3 is 7.12 Å². The van der Waals surface area contributed by atoms with E-state index < -0.39 is 29.8 Å². The van der Waals surface area contributed by atoms with Gasteiger partial charge in [-0.1, -0.05) is 0 Å². The molecule has 8 nitrogen and oxygen atoms in total. The van der Waals surface area contributed by atoms with Crippen molar-refractivity contribution in [2.75, 3.05) is 6.54 Å². The van der Waals surface area contributed by atoms with Crippen LogP contribution in [0.1, 0.15) is 40.2 Å². The number of carbonyl (C=O) groups excluding carboxylic acids is 1. The fourth-order valence-corrected chi connectivity index (χ4v) is 2.14. The predicted molar refractivity (Wildman–Crippen MR) is 89.3 cm³/mol. The molecule has 2 heterocycles. The van der Waals surface area contributed by atoms with Gasteiger partial charge in [-0.05, 0) is 39.2 Å². The molecule has 0 saturated carbocycles. The zero-order chi connectivity index (χ0) is 18.1. The molecule has 1 fully saturated rings. The summed E-state index contributed by atoms with van der Waals surface area (Å²) < 4.78 is 11.9. The van der Waals surface area contributed by atoms with Gasteiger partial charge in [0.2, 0.25) is 11.8 Å². The van der Waals surface area contributed by atoms with Crippen LogP contribution in [0.4, 0.5) is 0 Å². The summed E-state index contributed by atoms with van der Waals surface area (Å²) in [6.45, 7) is 9.10. The van der Waals surface area contributed by atoms with Gasteiger partial charge in [-0.3, -0.25) is 9.59 Å². The minimum Gasteiger partial charge on any atom is -0.493 e. The molecule has 1 saturated heterocycles. The van der Waals surface area contributed by atoms with Gasteiger partial charge < -0.3 is 24.7 Å². The maximum Gasteiger partial charge on any atom is 0.492 e. The first kappa shape index (κ1) is 18.2. The van der Waals surface area contributed by atoms with E-state index in [9.17, 15) is 14.7 Å². The second-order valence-corrected chi connectivity index (χ2v) is 6.69. The maximum absolute atomic E-state index is 11.9. The Morgan fingerprint density at radius 2 is 1.96 bits per heavy atom.